The predicted molar refractivity (Wildman–Crippen MR) is 111 cm³/mol. The molecule has 2 aromatic rings. The highest BCUT2D eigenvalue weighted by molar-refractivity contribution is 9.10. The van der Waals surface area contributed by atoms with Gasteiger partial charge < -0.3 is 5.32 Å². The van der Waals surface area contributed by atoms with E-state index in [9.17, 15) is 9.18 Å². The maximum absolute atomic E-state index is 14.1. The van der Waals surface area contributed by atoms with E-state index in [1.165, 1.54) is 6.07 Å². The van der Waals surface area contributed by atoms with E-state index in [1.54, 1.807) is 10.6 Å². The molecule has 27 heavy (non-hydrogen) atoms. The fraction of sp³-hybridized carbons (Fsp3) is 0.600. The molecule has 1 aromatic heterocycles. The number of halogens is 2. The van der Waals surface area contributed by atoms with Crippen LogP contribution in [0.2, 0.25) is 0 Å². The Labute approximate surface area is 168 Å². The molecule has 2 atom stereocenters. The third-order valence-corrected chi connectivity index (χ3v) is 5.87. The molecule has 148 valence electrons. The van der Waals surface area contributed by atoms with Gasteiger partial charge in [-0.15, -0.1) is 0 Å². The van der Waals surface area contributed by atoms with Crippen molar-refractivity contribution in [2.24, 2.45) is 5.92 Å². The molecule has 0 saturated carbocycles. The molecule has 5 nitrogen and oxygen atoms in total. The third kappa shape index (κ3) is 4.25. The van der Waals surface area contributed by atoms with Gasteiger partial charge in [-0.25, -0.2) is 9.37 Å². The molecule has 1 saturated heterocycles. The van der Waals surface area contributed by atoms with Crippen molar-refractivity contribution in [1.29, 1.82) is 0 Å². The highest BCUT2D eigenvalue weighted by atomic mass is 79.9. The second-order valence-electron chi connectivity index (χ2n) is 7.41. The van der Waals surface area contributed by atoms with Crippen molar-refractivity contribution in [1.82, 2.24) is 19.8 Å². The third-order valence-electron chi connectivity index (χ3n) is 5.26. The molecule has 0 radical (unpaired) electrons. The molecular formula is C20H28BrFN4O. The highest BCUT2D eigenvalue weighted by Gasteiger charge is 2.27. The van der Waals surface area contributed by atoms with Crippen LogP contribution in [0.4, 0.5) is 4.39 Å². The first-order valence-electron chi connectivity index (χ1n) is 9.80. The Balaban J connectivity index is 2.16. The van der Waals surface area contributed by atoms with Crippen molar-refractivity contribution in [2.45, 2.75) is 46.2 Å². The summed E-state index contributed by atoms with van der Waals surface area (Å²) in [6.45, 7) is 10.7. The van der Waals surface area contributed by atoms with Crippen molar-refractivity contribution in [3.05, 3.63) is 38.6 Å². The summed E-state index contributed by atoms with van der Waals surface area (Å²) in [5, 5.41) is 3.93. The summed E-state index contributed by atoms with van der Waals surface area (Å²) in [6, 6.07) is 2.96. The Bertz CT molecular complexity index is 869. The Hall–Kier alpha value is -1.31. The van der Waals surface area contributed by atoms with Crippen LogP contribution in [0.25, 0.3) is 10.9 Å². The van der Waals surface area contributed by atoms with Crippen LogP contribution < -0.4 is 10.9 Å². The van der Waals surface area contributed by atoms with Crippen molar-refractivity contribution < 1.29 is 4.39 Å². The summed E-state index contributed by atoms with van der Waals surface area (Å²) in [4.78, 5) is 20.3. The van der Waals surface area contributed by atoms with E-state index in [4.69, 9.17) is 4.98 Å². The van der Waals surface area contributed by atoms with Gasteiger partial charge in [0, 0.05) is 32.2 Å². The van der Waals surface area contributed by atoms with Gasteiger partial charge in [0.05, 0.1) is 21.4 Å². The molecule has 1 aromatic carbocycles. The molecule has 0 spiro atoms. The van der Waals surface area contributed by atoms with Crippen LogP contribution in [0.1, 0.15) is 45.5 Å². The molecule has 1 aliphatic rings. The van der Waals surface area contributed by atoms with Crippen LogP contribution in [-0.2, 0) is 6.54 Å². The van der Waals surface area contributed by atoms with Gasteiger partial charge in [0.2, 0.25) is 0 Å². The largest absolute Gasteiger partial charge is 0.315 e. The monoisotopic (exact) mass is 438 g/mol. The van der Waals surface area contributed by atoms with E-state index < -0.39 is 5.82 Å². The number of nitrogens with one attached hydrogen (secondary N) is 1. The van der Waals surface area contributed by atoms with Gasteiger partial charge in [-0.05, 0) is 47.8 Å². The van der Waals surface area contributed by atoms with Gasteiger partial charge in [-0.3, -0.25) is 14.3 Å². The smallest absolute Gasteiger partial charge is 0.261 e. The molecule has 0 aliphatic carbocycles. The Kier molecular flexibility index (Phi) is 6.65. The van der Waals surface area contributed by atoms with E-state index in [0.717, 1.165) is 44.8 Å². The zero-order valence-electron chi connectivity index (χ0n) is 16.3. The minimum absolute atomic E-state index is 0.0566. The number of nitrogens with zero attached hydrogens (tertiary/aromatic N) is 3. The molecule has 1 aliphatic heterocycles. The molecule has 1 fully saturated rings. The fourth-order valence-corrected chi connectivity index (χ4v) is 4.30. The zero-order chi connectivity index (χ0) is 19.6. The lowest BCUT2D eigenvalue weighted by Gasteiger charge is -2.32. The molecule has 2 heterocycles. The lowest BCUT2D eigenvalue weighted by atomic mass is 10.1. The standard InChI is InChI=1S/C20H28BrFN4O/c1-4-6-18(25-8-7-23-11-13(3)12-25)19-24-17-10-16(22)15(21)9-14(17)20(27)26(19)5-2/h9-10,13,18,23H,4-8,11-12H2,1-3H3/t13?,18-/m1/s1. The van der Waals surface area contributed by atoms with Gasteiger partial charge in [-0.2, -0.15) is 0 Å². The topological polar surface area (TPSA) is 50.2 Å². The first kappa shape index (κ1) is 20.4. The maximum Gasteiger partial charge on any atom is 0.261 e. The van der Waals surface area contributed by atoms with Gasteiger partial charge in [0.1, 0.15) is 11.6 Å². The maximum atomic E-state index is 14.1. The van der Waals surface area contributed by atoms with Crippen LogP contribution in [0.15, 0.2) is 21.4 Å². The van der Waals surface area contributed by atoms with Crippen LogP contribution in [0.3, 0.4) is 0 Å². The van der Waals surface area contributed by atoms with Crippen LogP contribution in [-0.4, -0.2) is 40.6 Å². The zero-order valence-corrected chi connectivity index (χ0v) is 17.9. The van der Waals surface area contributed by atoms with Crippen LogP contribution in [0.5, 0.6) is 0 Å². The van der Waals surface area contributed by atoms with Gasteiger partial charge in [0.15, 0.2) is 0 Å². The average molecular weight is 439 g/mol. The number of benzene rings is 1. The van der Waals surface area contributed by atoms with Gasteiger partial charge in [0.25, 0.3) is 5.56 Å². The lowest BCUT2D eigenvalue weighted by molar-refractivity contribution is 0.169. The summed E-state index contributed by atoms with van der Waals surface area (Å²) in [6.07, 6.45) is 1.92. The summed E-state index contributed by atoms with van der Waals surface area (Å²) in [5.41, 5.74) is 0.336. The average Bonchev–Trinajstić information content (AvgIpc) is 2.85. The van der Waals surface area contributed by atoms with E-state index >= 15 is 0 Å². The minimum Gasteiger partial charge on any atom is -0.315 e. The second kappa shape index (κ2) is 8.80. The van der Waals surface area contributed by atoms with E-state index in [0.29, 0.717) is 27.8 Å². The molecule has 0 amide bonds. The number of fused-ring (bicyclic) bond motifs is 1. The highest BCUT2D eigenvalue weighted by Crippen LogP contribution is 2.28. The van der Waals surface area contributed by atoms with Crippen LogP contribution >= 0.6 is 15.9 Å². The van der Waals surface area contributed by atoms with Gasteiger partial charge in [-0.1, -0.05) is 20.3 Å². The van der Waals surface area contributed by atoms with Gasteiger partial charge >= 0.3 is 0 Å². The summed E-state index contributed by atoms with van der Waals surface area (Å²) in [7, 11) is 0. The van der Waals surface area contributed by atoms with E-state index in [2.05, 4.69) is 40.0 Å². The predicted octanol–water partition coefficient (Wildman–Crippen LogP) is 3.70. The summed E-state index contributed by atoms with van der Waals surface area (Å²) >= 11 is 3.18. The SMILES string of the molecule is CCC[C@H](c1nc2cc(F)c(Br)cc2c(=O)n1CC)N1CCNCC(C)C1. The molecule has 1 unspecified atom stereocenters. The van der Waals surface area contributed by atoms with E-state index in [-0.39, 0.29) is 11.6 Å². The number of rotatable bonds is 5. The Morgan fingerprint density at radius 1 is 1.41 bits per heavy atom. The van der Waals surface area contributed by atoms with Crippen LogP contribution in [0, 0.1) is 11.7 Å². The van der Waals surface area contributed by atoms with Crippen molar-refractivity contribution in [3.8, 4) is 0 Å². The lowest BCUT2D eigenvalue weighted by Crippen LogP contribution is -2.38. The normalized spacial score (nSPS) is 20.0. The van der Waals surface area contributed by atoms with Crippen molar-refractivity contribution in [3.63, 3.8) is 0 Å². The number of hydrogen-bond acceptors (Lipinski definition) is 4. The van der Waals surface area contributed by atoms with E-state index in [1.807, 2.05) is 6.92 Å². The first-order chi connectivity index (χ1) is 13.0. The summed E-state index contributed by atoms with van der Waals surface area (Å²) in [5.74, 6) is 0.893. The Morgan fingerprint density at radius 3 is 2.89 bits per heavy atom. The second-order valence-corrected chi connectivity index (χ2v) is 8.27. The minimum atomic E-state index is -0.394. The molecule has 3 rings (SSSR count). The fourth-order valence-electron chi connectivity index (χ4n) is 3.95. The molecular weight excluding hydrogens is 411 g/mol. The molecule has 0 bridgehead atoms. The number of hydrogen-bond donors (Lipinski definition) is 1. The van der Waals surface area contributed by atoms with Crippen molar-refractivity contribution >= 4 is 26.8 Å². The first-order valence-corrected chi connectivity index (χ1v) is 10.6. The molecule has 1 N–H and O–H groups in total. The molecule has 7 heteroatoms. The van der Waals surface area contributed by atoms with Crippen molar-refractivity contribution in [2.75, 3.05) is 26.2 Å². The quantitative estimate of drug-likeness (QED) is 0.772. The summed E-state index contributed by atoms with van der Waals surface area (Å²) < 4.78 is 16.1. The number of aromatic nitrogens is 2. The Morgan fingerprint density at radius 2 is 2.19 bits per heavy atom.